The van der Waals surface area contributed by atoms with Crippen LogP contribution in [-0.4, -0.2) is 76.4 Å². The zero-order valence-electron chi connectivity index (χ0n) is 28.6. The lowest BCUT2D eigenvalue weighted by molar-refractivity contribution is 0.0660. The first-order valence-electron chi connectivity index (χ1n) is 17.1. The number of benzene rings is 4. The molecule has 11 nitrogen and oxygen atoms in total. The van der Waals surface area contributed by atoms with Gasteiger partial charge in [-0.05, 0) is 53.8 Å². The number of rotatable bonds is 11. The molecule has 50 heavy (non-hydrogen) atoms. The monoisotopic (exact) mass is 677 g/mol. The fourth-order valence-electron chi connectivity index (χ4n) is 6.92. The Bertz CT molecular complexity index is 1880. The number of hydrogen-bond donors (Lipinski definition) is 4. The molecule has 0 aliphatic carbocycles. The Morgan fingerprint density at radius 2 is 1.46 bits per heavy atom. The van der Waals surface area contributed by atoms with Crippen molar-refractivity contribution in [3.8, 4) is 23.0 Å². The van der Waals surface area contributed by atoms with Crippen molar-refractivity contribution in [2.45, 2.75) is 37.9 Å². The smallest absolute Gasteiger partial charge is 0.256 e. The molecule has 11 heteroatoms. The molecule has 7 rings (SSSR count). The standard InChI is InChI=1S/C39H43N5O6/c1-40-27-11-10-25-16-29-22-42-33-20-37(35(48-3)18-31(33)39(46)44(29)23-26(25)15-27)50-13-7-12-49-36-19-32-30(17-34(36)47-2)38(45)43-28(21-41-32)14-24-8-5-4-6-9-24/h4-6,8-11,15,17-20,28-29,40-42H,7,12-14,16,21-23H2,1-3H3,(H,43,45). The maximum absolute atomic E-state index is 13.8. The second-order valence-electron chi connectivity index (χ2n) is 12.8. The van der Waals surface area contributed by atoms with Crippen LogP contribution in [-0.2, 0) is 19.4 Å². The number of hydrogen-bond acceptors (Lipinski definition) is 9. The Balaban J connectivity index is 0.973. The largest absolute Gasteiger partial charge is 0.493 e. The van der Waals surface area contributed by atoms with E-state index >= 15 is 0 Å². The van der Waals surface area contributed by atoms with Gasteiger partial charge in [-0.2, -0.15) is 0 Å². The van der Waals surface area contributed by atoms with Gasteiger partial charge in [0.2, 0.25) is 0 Å². The molecule has 2 atom stereocenters. The minimum absolute atomic E-state index is 0.0258. The van der Waals surface area contributed by atoms with Crippen molar-refractivity contribution >= 4 is 28.9 Å². The molecule has 0 saturated carbocycles. The molecule has 2 unspecified atom stereocenters. The first kappa shape index (κ1) is 32.9. The number of ether oxygens (including phenoxy) is 4. The molecule has 4 aromatic carbocycles. The summed E-state index contributed by atoms with van der Waals surface area (Å²) in [6.45, 7) is 2.49. The van der Waals surface area contributed by atoms with Gasteiger partial charge in [-0.3, -0.25) is 9.59 Å². The van der Waals surface area contributed by atoms with Crippen LogP contribution in [0.1, 0.15) is 43.8 Å². The highest BCUT2D eigenvalue weighted by Crippen LogP contribution is 2.38. The Hall–Kier alpha value is -5.58. The van der Waals surface area contributed by atoms with Crippen LogP contribution in [0, 0.1) is 0 Å². The maximum atomic E-state index is 13.8. The molecule has 0 bridgehead atoms. The fourth-order valence-corrected chi connectivity index (χ4v) is 6.92. The summed E-state index contributed by atoms with van der Waals surface area (Å²) >= 11 is 0. The zero-order chi connectivity index (χ0) is 34.6. The average Bonchev–Trinajstić information content (AvgIpc) is 3.37. The van der Waals surface area contributed by atoms with Crippen LogP contribution in [0.3, 0.4) is 0 Å². The lowest BCUT2D eigenvalue weighted by Crippen LogP contribution is -2.46. The fraction of sp³-hybridized carbons (Fsp3) is 0.333. The number of nitrogens with one attached hydrogen (secondary N) is 4. The van der Waals surface area contributed by atoms with Crippen LogP contribution in [0.4, 0.5) is 17.1 Å². The van der Waals surface area contributed by atoms with E-state index in [0.29, 0.717) is 79.1 Å². The summed E-state index contributed by atoms with van der Waals surface area (Å²) in [6.07, 6.45) is 2.09. The normalized spacial score (nSPS) is 17.6. The lowest BCUT2D eigenvalue weighted by Gasteiger charge is -2.35. The van der Waals surface area contributed by atoms with Crippen LogP contribution in [0.2, 0.25) is 0 Å². The van der Waals surface area contributed by atoms with E-state index in [9.17, 15) is 9.59 Å². The van der Waals surface area contributed by atoms with Gasteiger partial charge in [-0.15, -0.1) is 0 Å². The maximum Gasteiger partial charge on any atom is 0.256 e. The second kappa shape index (κ2) is 14.5. The van der Waals surface area contributed by atoms with Gasteiger partial charge >= 0.3 is 0 Å². The summed E-state index contributed by atoms with van der Waals surface area (Å²) in [7, 11) is 5.04. The third-order valence-corrected chi connectivity index (χ3v) is 9.61. The molecule has 3 aliphatic rings. The lowest BCUT2D eigenvalue weighted by atomic mass is 9.93. The van der Waals surface area contributed by atoms with Gasteiger partial charge in [-0.25, -0.2) is 0 Å². The van der Waals surface area contributed by atoms with Crippen molar-refractivity contribution in [1.82, 2.24) is 10.2 Å². The minimum Gasteiger partial charge on any atom is -0.493 e. The van der Waals surface area contributed by atoms with Crippen molar-refractivity contribution in [1.29, 1.82) is 0 Å². The van der Waals surface area contributed by atoms with Crippen LogP contribution < -0.4 is 40.2 Å². The van der Waals surface area contributed by atoms with Gasteiger partial charge in [-0.1, -0.05) is 36.4 Å². The Morgan fingerprint density at radius 3 is 2.16 bits per heavy atom. The molecular formula is C39H43N5O6. The van der Waals surface area contributed by atoms with E-state index in [1.165, 1.54) is 5.56 Å². The molecule has 2 amide bonds. The van der Waals surface area contributed by atoms with E-state index in [1.54, 1.807) is 26.4 Å². The molecule has 0 fully saturated rings. The van der Waals surface area contributed by atoms with Crippen molar-refractivity contribution in [3.05, 3.63) is 101 Å². The predicted octanol–water partition coefficient (Wildman–Crippen LogP) is 5.35. The highest BCUT2D eigenvalue weighted by molar-refractivity contribution is 6.02. The number of amides is 2. The van der Waals surface area contributed by atoms with Crippen molar-refractivity contribution in [2.24, 2.45) is 0 Å². The van der Waals surface area contributed by atoms with Crippen LogP contribution in [0.5, 0.6) is 23.0 Å². The van der Waals surface area contributed by atoms with Crippen LogP contribution in [0.25, 0.3) is 0 Å². The average molecular weight is 678 g/mol. The summed E-state index contributed by atoms with van der Waals surface area (Å²) in [6, 6.07) is 23.6. The minimum atomic E-state index is -0.153. The number of carbonyl (C=O) groups excluding carboxylic acids is 2. The van der Waals surface area contributed by atoms with Crippen molar-refractivity contribution in [2.75, 3.05) is 63.5 Å². The molecule has 4 N–H and O–H groups in total. The molecule has 0 spiro atoms. The predicted molar refractivity (Wildman–Crippen MR) is 193 cm³/mol. The van der Waals surface area contributed by atoms with Gasteiger partial charge in [0.25, 0.3) is 11.8 Å². The summed E-state index contributed by atoms with van der Waals surface area (Å²) in [5.74, 6) is 1.89. The summed E-state index contributed by atoms with van der Waals surface area (Å²) in [4.78, 5) is 28.9. The Morgan fingerprint density at radius 1 is 0.780 bits per heavy atom. The number of fused-ring (bicyclic) bond motifs is 4. The van der Waals surface area contributed by atoms with E-state index < -0.39 is 0 Å². The topological polar surface area (TPSA) is 122 Å². The SMILES string of the molecule is CNc1ccc2c(c1)CN1C(=O)c3cc(OC)c(OCCCOc4cc5c(cc4OC)C(=O)NC(Cc4ccccc4)CN5)cc3NCC1C2. The summed E-state index contributed by atoms with van der Waals surface area (Å²) < 4.78 is 23.6. The quantitative estimate of drug-likeness (QED) is 0.156. The first-order chi connectivity index (χ1) is 24.4. The number of nitrogens with zero attached hydrogens (tertiary/aromatic N) is 1. The van der Waals surface area contributed by atoms with Gasteiger partial charge < -0.3 is 45.1 Å². The second-order valence-corrected chi connectivity index (χ2v) is 12.8. The molecule has 4 aromatic rings. The highest BCUT2D eigenvalue weighted by atomic mass is 16.5. The van der Waals surface area contributed by atoms with Crippen LogP contribution in [0.15, 0.2) is 72.8 Å². The molecule has 0 aromatic heterocycles. The summed E-state index contributed by atoms with van der Waals surface area (Å²) in [5, 5.41) is 13.2. The third-order valence-electron chi connectivity index (χ3n) is 9.61. The highest BCUT2D eigenvalue weighted by Gasteiger charge is 2.35. The van der Waals surface area contributed by atoms with E-state index in [4.69, 9.17) is 18.9 Å². The van der Waals surface area contributed by atoms with Gasteiger partial charge in [0.05, 0.1) is 62.0 Å². The molecular weight excluding hydrogens is 634 g/mol. The molecule has 3 aliphatic heterocycles. The number of methoxy groups -OCH3 is 2. The van der Waals surface area contributed by atoms with Crippen LogP contribution >= 0.6 is 0 Å². The summed E-state index contributed by atoms with van der Waals surface area (Å²) in [5.41, 5.74) is 7.14. The van der Waals surface area contributed by atoms with Gasteiger partial charge in [0.15, 0.2) is 23.0 Å². The number of carbonyl (C=O) groups is 2. The number of anilines is 3. The van der Waals surface area contributed by atoms with E-state index in [2.05, 4.69) is 51.6 Å². The first-order valence-corrected chi connectivity index (χ1v) is 17.1. The molecule has 0 radical (unpaired) electrons. The molecule has 0 saturated heterocycles. The molecule has 260 valence electrons. The van der Waals surface area contributed by atoms with E-state index in [1.807, 2.05) is 42.3 Å². The zero-order valence-corrected chi connectivity index (χ0v) is 28.6. The van der Waals surface area contributed by atoms with E-state index in [0.717, 1.165) is 35.3 Å². The Kier molecular flexibility index (Phi) is 9.55. The molecule has 3 heterocycles. The van der Waals surface area contributed by atoms with Crippen molar-refractivity contribution < 1.29 is 28.5 Å². The van der Waals surface area contributed by atoms with Gasteiger partial charge in [0, 0.05) is 50.9 Å². The van der Waals surface area contributed by atoms with E-state index in [-0.39, 0.29) is 23.9 Å². The third kappa shape index (κ3) is 6.80. The van der Waals surface area contributed by atoms with Crippen molar-refractivity contribution in [3.63, 3.8) is 0 Å². The van der Waals surface area contributed by atoms with Gasteiger partial charge in [0.1, 0.15) is 0 Å². The Labute approximate surface area is 292 Å².